The molecule has 0 saturated carbocycles. The van der Waals surface area contributed by atoms with Crippen LogP contribution in [0.5, 0.6) is 0 Å². The highest BCUT2D eigenvalue weighted by molar-refractivity contribution is 6.07. The Morgan fingerprint density at radius 3 is 2.39 bits per heavy atom. The molecule has 3 rings (SSSR count). The molecule has 2 aromatic heterocycles. The van der Waals surface area contributed by atoms with Crippen molar-refractivity contribution in [1.29, 1.82) is 0 Å². The quantitative estimate of drug-likeness (QED) is 0.640. The van der Waals surface area contributed by atoms with Crippen molar-refractivity contribution in [2.45, 2.75) is 0 Å². The second-order valence-electron chi connectivity index (χ2n) is 3.96. The molecule has 0 amide bonds. The average Bonchev–Trinajstić information content (AvgIpc) is 2.47. The summed E-state index contributed by atoms with van der Waals surface area (Å²) in [5, 5.41) is 2.03. The van der Waals surface area contributed by atoms with E-state index < -0.39 is 0 Å². The zero-order chi connectivity index (χ0) is 12.4. The molecular formula is C15H10N2O. The zero-order valence-corrected chi connectivity index (χ0v) is 9.58. The van der Waals surface area contributed by atoms with E-state index in [0.29, 0.717) is 11.4 Å². The van der Waals surface area contributed by atoms with Crippen LogP contribution in [0.15, 0.2) is 60.9 Å². The Hall–Kier alpha value is -2.55. The van der Waals surface area contributed by atoms with Crippen molar-refractivity contribution in [2.24, 2.45) is 0 Å². The standard InChI is InChI=1S/C15H10N2O/c18-15(13-7-3-4-8-16-13)14-9-11-5-1-2-6-12(11)10-17-14/h1-10H. The third kappa shape index (κ3) is 1.86. The predicted octanol–water partition coefficient (Wildman–Crippen LogP) is 2.86. The fraction of sp³-hybridized carbons (Fsp3) is 0. The number of carbonyl (C=O) groups is 1. The van der Waals surface area contributed by atoms with Gasteiger partial charge in [-0.2, -0.15) is 0 Å². The van der Waals surface area contributed by atoms with Gasteiger partial charge < -0.3 is 0 Å². The molecule has 3 heteroatoms. The van der Waals surface area contributed by atoms with E-state index in [-0.39, 0.29) is 5.78 Å². The molecule has 1 aromatic carbocycles. The zero-order valence-electron chi connectivity index (χ0n) is 9.58. The Bertz CT molecular complexity index is 708. The normalized spacial score (nSPS) is 10.4. The molecule has 0 bridgehead atoms. The van der Waals surface area contributed by atoms with Gasteiger partial charge in [-0.05, 0) is 23.6 Å². The molecule has 0 N–H and O–H groups in total. The van der Waals surface area contributed by atoms with E-state index in [2.05, 4.69) is 9.97 Å². The van der Waals surface area contributed by atoms with Crippen LogP contribution in [-0.2, 0) is 0 Å². The summed E-state index contributed by atoms with van der Waals surface area (Å²) in [7, 11) is 0. The van der Waals surface area contributed by atoms with Crippen molar-refractivity contribution in [3.63, 3.8) is 0 Å². The summed E-state index contributed by atoms with van der Waals surface area (Å²) >= 11 is 0. The topological polar surface area (TPSA) is 42.9 Å². The van der Waals surface area contributed by atoms with E-state index in [1.54, 1.807) is 36.7 Å². The van der Waals surface area contributed by atoms with E-state index in [0.717, 1.165) is 10.8 Å². The lowest BCUT2D eigenvalue weighted by Crippen LogP contribution is -2.05. The van der Waals surface area contributed by atoms with Crippen molar-refractivity contribution in [2.75, 3.05) is 0 Å². The summed E-state index contributed by atoms with van der Waals surface area (Å²) in [6.45, 7) is 0. The van der Waals surface area contributed by atoms with Gasteiger partial charge in [0.05, 0.1) is 0 Å². The molecule has 0 aliphatic carbocycles. The van der Waals surface area contributed by atoms with Gasteiger partial charge in [-0.1, -0.05) is 30.3 Å². The summed E-state index contributed by atoms with van der Waals surface area (Å²) in [5.41, 5.74) is 0.840. The number of fused-ring (bicyclic) bond motifs is 1. The molecule has 0 fully saturated rings. The molecule has 0 saturated heterocycles. The van der Waals surface area contributed by atoms with Crippen molar-refractivity contribution in [1.82, 2.24) is 9.97 Å². The van der Waals surface area contributed by atoms with Gasteiger partial charge in [0.1, 0.15) is 11.4 Å². The minimum atomic E-state index is -0.152. The lowest BCUT2D eigenvalue weighted by molar-refractivity contribution is 0.103. The Kier molecular flexibility index (Phi) is 2.57. The highest BCUT2D eigenvalue weighted by Gasteiger charge is 2.11. The number of carbonyl (C=O) groups excluding carboxylic acids is 1. The van der Waals surface area contributed by atoms with E-state index >= 15 is 0 Å². The van der Waals surface area contributed by atoms with Gasteiger partial charge in [-0.3, -0.25) is 14.8 Å². The van der Waals surface area contributed by atoms with Crippen LogP contribution in [0.1, 0.15) is 16.2 Å². The number of aromatic nitrogens is 2. The van der Waals surface area contributed by atoms with Crippen molar-refractivity contribution >= 4 is 16.6 Å². The largest absolute Gasteiger partial charge is 0.285 e. The van der Waals surface area contributed by atoms with Gasteiger partial charge >= 0.3 is 0 Å². The first-order valence-corrected chi connectivity index (χ1v) is 5.65. The minimum Gasteiger partial charge on any atom is -0.285 e. The van der Waals surface area contributed by atoms with Crippen LogP contribution in [0.4, 0.5) is 0 Å². The second kappa shape index (κ2) is 4.37. The maximum Gasteiger partial charge on any atom is 0.229 e. The fourth-order valence-corrected chi connectivity index (χ4v) is 1.84. The minimum absolute atomic E-state index is 0.152. The van der Waals surface area contributed by atoms with Crippen molar-refractivity contribution < 1.29 is 4.79 Å². The number of ketones is 1. The number of benzene rings is 1. The molecule has 0 aliphatic rings. The molecule has 0 radical (unpaired) electrons. The summed E-state index contributed by atoms with van der Waals surface area (Å²) in [4.78, 5) is 20.4. The first-order valence-electron chi connectivity index (χ1n) is 5.65. The van der Waals surface area contributed by atoms with E-state index in [4.69, 9.17) is 0 Å². The number of hydrogen-bond acceptors (Lipinski definition) is 3. The first-order chi connectivity index (χ1) is 8.84. The van der Waals surface area contributed by atoms with E-state index in [1.165, 1.54) is 0 Å². The van der Waals surface area contributed by atoms with Crippen molar-refractivity contribution in [3.05, 3.63) is 72.3 Å². The fourth-order valence-electron chi connectivity index (χ4n) is 1.84. The van der Waals surface area contributed by atoms with Crippen LogP contribution in [0.2, 0.25) is 0 Å². The Morgan fingerprint density at radius 2 is 1.61 bits per heavy atom. The van der Waals surface area contributed by atoms with Gasteiger partial charge in [-0.15, -0.1) is 0 Å². The molecule has 0 spiro atoms. The summed E-state index contributed by atoms with van der Waals surface area (Å²) in [5.74, 6) is -0.152. The lowest BCUT2D eigenvalue weighted by atomic mass is 10.1. The molecule has 0 unspecified atom stereocenters. The molecule has 0 aliphatic heterocycles. The van der Waals surface area contributed by atoms with Gasteiger partial charge in [-0.25, -0.2) is 0 Å². The van der Waals surface area contributed by atoms with Crippen LogP contribution < -0.4 is 0 Å². The highest BCUT2D eigenvalue weighted by Crippen LogP contribution is 2.15. The number of pyridine rings is 2. The third-order valence-corrected chi connectivity index (χ3v) is 2.76. The average molecular weight is 234 g/mol. The summed E-state index contributed by atoms with van der Waals surface area (Å²) < 4.78 is 0. The van der Waals surface area contributed by atoms with Crippen LogP contribution in [0.25, 0.3) is 10.8 Å². The molecule has 86 valence electrons. The number of nitrogens with zero attached hydrogens (tertiary/aromatic N) is 2. The Morgan fingerprint density at radius 1 is 0.833 bits per heavy atom. The first kappa shape index (κ1) is 10.6. The van der Waals surface area contributed by atoms with E-state index in [9.17, 15) is 4.79 Å². The Labute approximate surface area is 104 Å². The highest BCUT2D eigenvalue weighted by atomic mass is 16.1. The predicted molar refractivity (Wildman–Crippen MR) is 69.4 cm³/mol. The van der Waals surface area contributed by atoms with Crippen molar-refractivity contribution in [3.8, 4) is 0 Å². The Balaban J connectivity index is 2.07. The molecule has 0 atom stereocenters. The van der Waals surface area contributed by atoms with Crippen LogP contribution in [0.3, 0.4) is 0 Å². The van der Waals surface area contributed by atoms with Crippen LogP contribution >= 0.6 is 0 Å². The van der Waals surface area contributed by atoms with Gasteiger partial charge in [0, 0.05) is 17.8 Å². The lowest BCUT2D eigenvalue weighted by Gasteiger charge is -2.01. The molecule has 3 nitrogen and oxygen atoms in total. The van der Waals surface area contributed by atoms with Gasteiger partial charge in [0.15, 0.2) is 0 Å². The van der Waals surface area contributed by atoms with Crippen LogP contribution in [0, 0.1) is 0 Å². The SMILES string of the molecule is O=C(c1ccccn1)c1cc2ccccc2cn1. The molecule has 3 aromatic rings. The number of hydrogen-bond donors (Lipinski definition) is 0. The second-order valence-corrected chi connectivity index (χ2v) is 3.96. The smallest absolute Gasteiger partial charge is 0.229 e. The maximum absolute atomic E-state index is 12.2. The monoisotopic (exact) mass is 234 g/mol. The van der Waals surface area contributed by atoms with Gasteiger partial charge in [0.2, 0.25) is 5.78 Å². The van der Waals surface area contributed by atoms with Gasteiger partial charge in [0.25, 0.3) is 0 Å². The molecular weight excluding hydrogens is 224 g/mol. The summed E-state index contributed by atoms with van der Waals surface area (Å²) in [6, 6.07) is 14.9. The molecule has 2 heterocycles. The number of rotatable bonds is 2. The van der Waals surface area contributed by atoms with E-state index in [1.807, 2.05) is 24.3 Å². The van der Waals surface area contributed by atoms with Crippen LogP contribution in [-0.4, -0.2) is 15.8 Å². The summed E-state index contributed by atoms with van der Waals surface area (Å²) in [6.07, 6.45) is 3.32. The molecule has 18 heavy (non-hydrogen) atoms. The maximum atomic E-state index is 12.2. The third-order valence-electron chi connectivity index (χ3n) is 2.76.